The van der Waals surface area contributed by atoms with Gasteiger partial charge in [-0.3, -0.25) is 14.5 Å². The number of halogens is 3. The molecule has 2 amide bonds. The van der Waals surface area contributed by atoms with Crippen molar-refractivity contribution < 1.29 is 32.7 Å². The van der Waals surface area contributed by atoms with Crippen molar-refractivity contribution >= 4 is 29.1 Å². The Hall–Kier alpha value is -2.93. The van der Waals surface area contributed by atoms with E-state index >= 15 is 0 Å². The Morgan fingerprint density at radius 1 is 1.27 bits per heavy atom. The van der Waals surface area contributed by atoms with Crippen molar-refractivity contribution in [2.45, 2.75) is 38.0 Å². The van der Waals surface area contributed by atoms with Gasteiger partial charge in [0.15, 0.2) is 0 Å². The highest BCUT2D eigenvalue weighted by atomic mass is 32.1. The number of carbonyl (C=O) groups excluding carboxylic acids is 2. The molecule has 0 bridgehead atoms. The molecule has 4 rings (SSSR count). The molecule has 0 aromatic carbocycles. The van der Waals surface area contributed by atoms with Crippen LogP contribution in [0.2, 0.25) is 0 Å². The zero-order chi connectivity index (χ0) is 24.2. The molecule has 4 heterocycles. The molecule has 2 aromatic rings. The fraction of sp³-hybridized carbons (Fsp3) is 0.500. The second-order valence-electron chi connectivity index (χ2n) is 7.75. The van der Waals surface area contributed by atoms with Gasteiger partial charge in [0.1, 0.15) is 11.2 Å². The van der Waals surface area contributed by atoms with Crippen LogP contribution in [-0.2, 0) is 16.1 Å². The SMILES string of the molecule is Cc1nc(CN2CCNC(=O)C23CCN(C(=O)c2ccc[nH]2)CC3)cs1.O=C(O)C(F)(F)F. The third kappa shape index (κ3) is 5.71. The summed E-state index contributed by atoms with van der Waals surface area (Å²) in [7, 11) is 0. The highest BCUT2D eigenvalue weighted by molar-refractivity contribution is 7.09. The number of piperazine rings is 1. The summed E-state index contributed by atoms with van der Waals surface area (Å²) in [5, 5.41) is 13.3. The summed E-state index contributed by atoms with van der Waals surface area (Å²) < 4.78 is 31.7. The summed E-state index contributed by atoms with van der Waals surface area (Å²) >= 11 is 1.64. The fourth-order valence-corrected chi connectivity index (χ4v) is 4.59. The summed E-state index contributed by atoms with van der Waals surface area (Å²) in [6.07, 6.45) is -2.03. The van der Waals surface area contributed by atoms with E-state index in [1.54, 1.807) is 23.6 Å². The topological polar surface area (TPSA) is 119 Å². The van der Waals surface area contributed by atoms with Crippen LogP contribution in [0.25, 0.3) is 0 Å². The van der Waals surface area contributed by atoms with E-state index in [-0.39, 0.29) is 11.8 Å². The monoisotopic (exact) mass is 487 g/mol. The number of nitrogens with one attached hydrogen (secondary N) is 2. The summed E-state index contributed by atoms with van der Waals surface area (Å²) in [5.41, 5.74) is 1.08. The van der Waals surface area contributed by atoms with Crippen molar-refractivity contribution in [3.63, 3.8) is 0 Å². The van der Waals surface area contributed by atoms with E-state index in [0.29, 0.717) is 44.7 Å². The van der Waals surface area contributed by atoms with Gasteiger partial charge in [-0.1, -0.05) is 0 Å². The second-order valence-corrected chi connectivity index (χ2v) is 8.81. The van der Waals surface area contributed by atoms with Crippen LogP contribution in [-0.4, -0.2) is 80.6 Å². The Balaban J connectivity index is 0.000000383. The Labute approximate surface area is 191 Å². The first-order valence-electron chi connectivity index (χ1n) is 10.2. The van der Waals surface area contributed by atoms with Crippen molar-refractivity contribution in [1.29, 1.82) is 0 Å². The lowest BCUT2D eigenvalue weighted by molar-refractivity contribution is -0.192. The summed E-state index contributed by atoms with van der Waals surface area (Å²) in [6.45, 7) is 5.32. The number of aromatic amines is 1. The lowest BCUT2D eigenvalue weighted by atomic mass is 9.83. The molecule has 2 aliphatic rings. The Morgan fingerprint density at radius 2 is 1.94 bits per heavy atom. The molecule has 0 unspecified atom stereocenters. The van der Waals surface area contributed by atoms with Gasteiger partial charge in [0.25, 0.3) is 5.91 Å². The minimum Gasteiger partial charge on any atom is -0.475 e. The average molecular weight is 488 g/mol. The van der Waals surface area contributed by atoms with Gasteiger partial charge < -0.3 is 20.3 Å². The second kappa shape index (κ2) is 9.91. The molecule has 3 N–H and O–H groups in total. The first-order chi connectivity index (χ1) is 15.5. The Morgan fingerprint density at radius 3 is 2.45 bits per heavy atom. The van der Waals surface area contributed by atoms with Crippen LogP contribution >= 0.6 is 11.3 Å². The molecule has 2 aromatic heterocycles. The number of thiazole rings is 1. The molecular weight excluding hydrogens is 463 g/mol. The lowest BCUT2D eigenvalue weighted by Gasteiger charge is -2.49. The van der Waals surface area contributed by atoms with E-state index in [0.717, 1.165) is 17.2 Å². The first-order valence-corrected chi connectivity index (χ1v) is 11.1. The van der Waals surface area contributed by atoms with E-state index in [1.807, 2.05) is 17.9 Å². The van der Waals surface area contributed by atoms with Crippen molar-refractivity contribution in [2.75, 3.05) is 26.2 Å². The third-order valence-electron chi connectivity index (χ3n) is 5.66. The van der Waals surface area contributed by atoms with Crippen LogP contribution in [0.15, 0.2) is 23.7 Å². The predicted octanol–water partition coefficient (Wildman–Crippen LogP) is 2.02. The molecule has 2 fully saturated rings. The number of aryl methyl sites for hydroxylation is 1. The number of H-pyrrole nitrogens is 1. The van der Waals surface area contributed by atoms with Crippen molar-refractivity contribution in [1.82, 2.24) is 25.1 Å². The number of rotatable bonds is 3. The van der Waals surface area contributed by atoms with Crippen molar-refractivity contribution in [3.8, 4) is 0 Å². The molecule has 0 aliphatic carbocycles. The lowest BCUT2D eigenvalue weighted by Crippen LogP contribution is -2.67. The fourth-order valence-electron chi connectivity index (χ4n) is 3.99. The normalized spacial score (nSPS) is 18.4. The maximum absolute atomic E-state index is 12.8. The third-order valence-corrected chi connectivity index (χ3v) is 6.49. The molecule has 0 saturated carbocycles. The van der Waals surface area contributed by atoms with Crippen LogP contribution in [0.1, 0.15) is 34.0 Å². The number of carboxylic acids is 1. The quantitative estimate of drug-likeness (QED) is 0.610. The molecule has 13 heteroatoms. The highest BCUT2D eigenvalue weighted by Crippen LogP contribution is 2.33. The maximum atomic E-state index is 12.8. The number of hydrogen-bond acceptors (Lipinski definition) is 6. The molecule has 33 heavy (non-hydrogen) atoms. The molecule has 2 aliphatic heterocycles. The van der Waals surface area contributed by atoms with E-state index < -0.39 is 17.7 Å². The predicted molar refractivity (Wildman–Crippen MR) is 113 cm³/mol. The number of aromatic nitrogens is 2. The molecule has 1 spiro atoms. The molecule has 2 saturated heterocycles. The summed E-state index contributed by atoms with van der Waals surface area (Å²) in [4.78, 5) is 45.9. The van der Waals surface area contributed by atoms with Crippen molar-refractivity contribution in [3.05, 3.63) is 40.1 Å². The molecule has 180 valence electrons. The number of likely N-dealkylation sites (tertiary alicyclic amines) is 1. The van der Waals surface area contributed by atoms with Gasteiger partial charge in [0.2, 0.25) is 5.91 Å². The van der Waals surface area contributed by atoms with Crippen LogP contribution in [0.5, 0.6) is 0 Å². The summed E-state index contributed by atoms with van der Waals surface area (Å²) in [5.74, 6) is -2.67. The average Bonchev–Trinajstić information content (AvgIpc) is 3.43. The van der Waals surface area contributed by atoms with Crippen LogP contribution < -0.4 is 5.32 Å². The standard InChI is InChI=1S/C18H23N5O2S.C2HF3O2/c1-13-21-14(12-26-13)11-23-10-7-20-17(25)18(23)4-8-22(9-5-18)16(24)15-3-2-6-19-15;3-2(4,5)1(6)7/h2-3,6,12,19H,4-5,7-11H2,1H3,(H,20,25);(H,6,7). The van der Waals surface area contributed by atoms with Gasteiger partial charge in [0.05, 0.1) is 10.7 Å². The number of carboxylic acid groups (broad SMARTS) is 1. The number of piperidine rings is 1. The van der Waals surface area contributed by atoms with Crippen LogP contribution in [0.3, 0.4) is 0 Å². The van der Waals surface area contributed by atoms with E-state index in [2.05, 4.69) is 25.6 Å². The van der Waals surface area contributed by atoms with Gasteiger partial charge in [-0.25, -0.2) is 9.78 Å². The van der Waals surface area contributed by atoms with E-state index in [4.69, 9.17) is 9.90 Å². The van der Waals surface area contributed by atoms with Gasteiger partial charge >= 0.3 is 12.1 Å². The number of hydrogen-bond donors (Lipinski definition) is 3. The molecule has 0 atom stereocenters. The Bertz CT molecular complexity index is 984. The maximum Gasteiger partial charge on any atom is 0.490 e. The van der Waals surface area contributed by atoms with Crippen LogP contribution in [0, 0.1) is 6.92 Å². The number of nitrogens with zero attached hydrogens (tertiary/aromatic N) is 3. The number of carbonyl (C=O) groups is 3. The van der Waals surface area contributed by atoms with Crippen molar-refractivity contribution in [2.24, 2.45) is 0 Å². The zero-order valence-corrected chi connectivity index (χ0v) is 18.6. The zero-order valence-electron chi connectivity index (χ0n) is 17.8. The number of aliphatic carboxylic acids is 1. The summed E-state index contributed by atoms with van der Waals surface area (Å²) in [6, 6.07) is 3.61. The highest BCUT2D eigenvalue weighted by Gasteiger charge is 2.48. The van der Waals surface area contributed by atoms with E-state index in [1.165, 1.54) is 0 Å². The number of alkyl halides is 3. The largest absolute Gasteiger partial charge is 0.490 e. The van der Waals surface area contributed by atoms with E-state index in [9.17, 15) is 22.8 Å². The smallest absolute Gasteiger partial charge is 0.475 e. The first kappa shape index (κ1) is 24.7. The minimum atomic E-state index is -5.08. The van der Waals surface area contributed by atoms with Gasteiger partial charge in [0, 0.05) is 44.3 Å². The number of amides is 2. The molecular formula is C20H24F3N5O4S. The molecule has 0 radical (unpaired) electrons. The van der Waals surface area contributed by atoms with Gasteiger partial charge in [-0.15, -0.1) is 11.3 Å². The van der Waals surface area contributed by atoms with Gasteiger partial charge in [-0.05, 0) is 31.9 Å². The molecule has 9 nitrogen and oxygen atoms in total. The minimum absolute atomic E-state index is 0.00254. The van der Waals surface area contributed by atoms with Gasteiger partial charge in [-0.2, -0.15) is 13.2 Å². The Kier molecular flexibility index (Phi) is 7.42. The van der Waals surface area contributed by atoms with Crippen LogP contribution in [0.4, 0.5) is 13.2 Å².